The number of hydrogen-bond acceptors (Lipinski definition) is 6. The van der Waals surface area contributed by atoms with Crippen LogP contribution in [0.5, 0.6) is 11.5 Å². The standard InChI is InChI=1S/C32H36ClFN2O6/c1-4-41-29(38)17-20-12-15-35(16-13-20)28(37)11-10-26-25-8-6-14-36(25)30-23(18-21(33)19-24(30)34)31(42-26)22-7-5-9-27(39-2)32(22)40-3/h5-9,14,18-20,26,31H,4,10-13,15-17H2,1-3H3/t26-,31-/m1/s1. The number of carbonyl (C=O) groups is 2. The number of esters is 1. The lowest BCUT2D eigenvalue weighted by atomic mass is 9.93. The number of carbonyl (C=O) groups excluding carboxylic acids is 2. The molecule has 2 aliphatic rings. The topological polar surface area (TPSA) is 79.2 Å². The Morgan fingerprint density at radius 2 is 1.86 bits per heavy atom. The molecule has 2 aromatic carbocycles. The molecule has 3 aromatic rings. The number of nitrogens with zero attached hydrogens (tertiary/aromatic N) is 2. The summed E-state index contributed by atoms with van der Waals surface area (Å²) >= 11 is 6.36. The largest absolute Gasteiger partial charge is 0.493 e. The Kier molecular flexibility index (Phi) is 9.38. The summed E-state index contributed by atoms with van der Waals surface area (Å²) in [5.74, 6) is 0.579. The average Bonchev–Trinajstić information content (AvgIpc) is 3.41. The van der Waals surface area contributed by atoms with Gasteiger partial charge in [0, 0.05) is 48.3 Å². The van der Waals surface area contributed by atoms with Crippen LogP contribution in [-0.2, 0) is 19.1 Å². The Balaban J connectivity index is 1.40. The van der Waals surface area contributed by atoms with Gasteiger partial charge in [-0.15, -0.1) is 0 Å². The SMILES string of the molecule is CCOC(=O)CC1CCN(C(=O)CC[C@H]2O[C@H](c3cccc(OC)c3OC)c3cc(Cl)cc(F)c3-n3cccc32)CC1. The predicted octanol–water partition coefficient (Wildman–Crippen LogP) is 6.42. The maximum atomic E-state index is 15.6. The number of methoxy groups -OCH3 is 2. The van der Waals surface area contributed by atoms with Gasteiger partial charge in [0.1, 0.15) is 11.9 Å². The van der Waals surface area contributed by atoms with Gasteiger partial charge in [0.05, 0.1) is 38.3 Å². The second-order valence-electron chi connectivity index (χ2n) is 10.6. The number of fused-ring (bicyclic) bond motifs is 3. The first kappa shape index (κ1) is 29.9. The van der Waals surface area contributed by atoms with Crippen LogP contribution in [0.25, 0.3) is 5.69 Å². The van der Waals surface area contributed by atoms with Gasteiger partial charge in [-0.3, -0.25) is 9.59 Å². The third-order valence-corrected chi connectivity index (χ3v) is 8.27. The molecule has 1 fully saturated rings. The Labute approximate surface area is 250 Å². The minimum absolute atomic E-state index is 0.0257. The van der Waals surface area contributed by atoms with Crippen LogP contribution >= 0.6 is 11.6 Å². The van der Waals surface area contributed by atoms with Crippen LogP contribution in [-0.4, -0.2) is 55.3 Å². The van der Waals surface area contributed by atoms with Crippen molar-refractivity contribution in [3.63, 3.8) is 0 Å². The minimum Gasteiger partial charge on any atom is -0.493 e. The van der Waals surface area contributed by atoms with E-state index in [-0.39, 0.29) is 29.2 Å². The molecule has 1 amide bonds. The van der Waals surface area contributed by atoms with E-state index in [1.165, 1.54) is 6.07 Å². The summed E-state index contributed by atoms with van der Waals surface area (Å²) < 4.78 is 40.5. The second kappa shape index (κ2) is 13.2. The number of amides is 1. The number of rotatable bonds is 9. The van der Waals surface area contributed by atoms with Crippen molar-refractivity contribution in [2.45, 2.75) is 51.2 Å². The normalized spacial score (nSPS) is 18.5. The van der Waals surface area contributed by atoms with Gasteiger partial charge < -0.3 is 28.4 Å². The number of piperidine rings is 1. The lowest BCUT2D eigenvalue weighted by Crippen LogP contribution is -2.39. The summed E-state index contributed by atoms with van der Waals surface area (Å²) in [7, 11) is 3.10. The summed E-state index contributed by atoms with van der Waals surface area (Å²) in [4.78, 5) is 27.0. The Morgan fingerprint density at radius 3 is 2.57 bits per heavy atom. The summed E-state index contributed by atoms with van der Waals surface area (Å²) in [5, 5.41) is 0.246. The zero-order chi connectivity index (χ0) is 29.8. The fourth-order valence-corrected chi connectivity index (χ4v) is 6.25. The van der Waals surface area contributed by atoms with E-state index in [1.54, 1.807) is 44.0 Å². The zero-order valence-electron chi connectivity index (χ0n) is 24.1. The summed E-state index contributed by atoms with van der Waals surface area (Å²) in [6, 6.07) is 12.2. The lowest BCUT2D eigenvalue weighted by Gasteiger charge is -2.32. The molecule has 5 rings (SSSR count). The summed E-state index contributed by atoms with van der Waals surface area (Å²) in [5.41, 5.74) is 2.28. The van der Waals surface area contributed by atoms with E-state index in [0.717, 1.165) is 18.5 Å². The van der Waals surface area contributed by atoms with E-state index in [4.69, 9.17) is 30.5 Å². The van der Waals surface area contributed by atoms with E-state index in [9.17, 15) is 9.59 Å². The Morgan fingerprint density at radius 1 is 1.07 bits per heavy atom. The van der Waals surface area contributed by atoms with Gasteiger partial charge in [0.15, 0.2) is 11.5 Å². The molecule has 8 nitrogen and oxygen atoms in total. The molecule has 1 saturated heterocycles. The van der Waals surface area contributed by atoms with Crippen LogP contribution in [0, 0.1) is 11.7 Å². The maximum absolute atomic E-state index is 15.6. The molecule has 0 N–H and O–H groups in total. The molecule has 0 bridgehead atoms. The lowest BCUT2D eigenvalue weighted by molar-refractivity contribution is -0.144. The molecule has 10 heteroatoms. The molecule has 0 unspecified atom stereocenters. The molecule has 0 aliphatic carbocycles. The van der Waals surface area contributed by atoms with Crippen LogP contribution in [0.1, 0.15) is 68.1 Å². The molecule has 2 aliphatic heterocycles. The van der Waals surface area contributed by atoms with Gasteiger partial charge in [0.25, 0.3) is 0 Å². The van der Waals surface area contributed by atoms with Gasteiger partial charge in [0.2, 0.25) is 5.91 Å². The fourth-order valence-electron chi connectivity index (χ4n) is 6.04. The number of para-hydroxylation sites is 1. The van der Waals surface area contributed by atoms with Gasteiger partial charge in [-0.25, -0.2) is 4.39 Å². The molecule has 0 spiro atoms. The van der Waals surface area contributed by atoms with Crippen molar-refractivity contribution in [1.82, 2.24) is 9.47 Å². The highest BCUT2D eigenvalue weighted by molar-refractivity contribution is 6.30. The highest BCUT2D eigenvalue weighted by Gasteiger charge is 2.35. The number of ether oxygens (including phenoxy) is 4. The first-order valence-electron chi connectivity index (χ1n) is 14.3. The van der Waals surface area contributed by atoms with Crippen molar-refractivity contribution < 1.29 is 32.9 Å². The van der Waals surface area contributed by atoms with Gasteiger partial charge in [-0.1, -0.05) is 23.7 Å². The number of likely N-dealkylation sites (tertiary alicyclic amines) is 1. The van der Waals surface area contributed by atoms with Gasteiger partial charge >= 0.3 is 5.97 Å². The molecular formula is C32H36ClFN2O6. The van der Waals surface area contributed by atoms with Crippen molar-refractivity contribution in [2.24, 2.45) is 5.92 Å². The zero-order valence-corrected chi connectivity index (χ0v) is 24.9. The van der Waals surface area contributed by atoms with Crippen molar-refractivity contribution in [3.05, 3.63) is 76.3 Å². The second-order valence-corrected chi connectivity index (χ2v) is 11.0. The van der Waals surface area contributed by atoms with E-state index >= 15 is 4.39 Å². The van der Waals surface area contributed by atoms with Crippen molar-refractivity contribution >= 4 is 23.5 Å². The van der Waals surface area contributed by atoms with E-state index in [2.05, 4.69) is 0 Å². The van der Waals surface area contributed by atoms with Crippen LogP contribution < -0.4 is 9.47 Å². The molecule has 224 valence electrons. The van der Waals surface area contributed by atoms with Crippen molar-refractivity contribution in [2.75, 3.05) is 33.9 Å². The molecule has 0 saturated carbocycles. The van der Waals surface area contributed by atoms with Gasteiger partial charge in [-0.05, 0) is 62.4 Å². The molecule has 2 atom stereocenters. The third kappa shape index (κ3) is 6.13. The highest BCUT2D eigenvalue weighted by atomic mass is 35.5. The molecular weight excluding hydrogens is 563 g/mol. The van der Waals surface area contributed by atoms with Crippen LogP contribution in [0.15, 0.2) is 48.7 Å². The molecule has 3 heterocycles. The number of benzene rings is 2. The van der Waals surface area contributed by atoms with E-state index in [1.807, 2.05) is 29.2 Å². The van der Waals surface area contributed by atoms with Crippen molar-refractivity contribution in [1.29, 1.82) is 0 Å². The highest BCUT2D eigenvalue weighted by Crippen LogP contribution is 2.47. The molecule has 42 heavy (non-hydrogen) atoms. The van der Waals surface area contributed by atoms with Crippen LogP contribution in [0.4, 0.5) is 4.39 Å². The fraction of sp³-hybridized carbons (Fsp3) is 0.438. The Hall–Kier alpha value is -3.56. The number of aromatic nitrogens is 1. The maximum Gasteiger partial charge on any atom is 0.306 e. The number of hydrogen-bond donors (Lipinski definition) is 0. The minimum atomic E-state index is -0.753. The van der Waals surface area contributed by atoms with Crippen LogP contribution in [0.2, 0.25) is 5.02 Å². The monoisotopic (exact) mass is 598 g/mol. The average molecular weight is 599 g/mol. The Bertz CT molecular complexity index is 1430. The third-order valence-electron chi connectivity index (χ3n) is 8.06. The summed E-state index contributed by atoms with van der Waals surface area (Å²) in [6.45, 7) is 3.37. The summed E-state index contributed by atoms with van der Waals surface area (Å²) in [6.07, 6.45) is 3.06. The predicted molar refractivity (Wildman–Crippen MR) is 156 cm³/mol. The first-order chi connectivity index (χ1) is 20.3. The number of halogens is 2. The van der Waals surface area contributed by atoms with E-state index < -0.39 is 18.0 Å². The molecule has 1 aromatic heterocycles. The smallest absolute Gasteiger partial charge is 0.306 e. The first-order valence-corrected chi connectivity index (χ1v) is 14.7. The van der Waals surface area contributed by atoms with E-state index in [0.29, 0.717) is 60.9 Å². The van der Waals surface area contributed by atoms with Crippen molar-refractivity contribution in [3.8, 4) is 17.2 Å². The van der Waals surface area contributed by atoms with Gasteiger partial charge in [-0.2, -0.15) is 0 Å². The quantitative estimate of drug-likeness (QED) is 0.265. The van der Waals surface area contributed by atoms with Crippen LogP contribution in [0.3, 0.4) is 0 Å². The molecule has 0 radical (unpaired) electrons.